The summed E-state index contributed by atoms with van der Waals surface area (Å²) in [6, 6.07) is 1.75. The molecule has 0 spiro atoms. The molecule has 0 aromatic heterocycles. The Morgan fingerprint density at radius 2 is 1.80 bits per heavy atom. The molecule has 84 valence electrons. The molecule has 0 rings (SSSR count). The molecular weight excluding hydrogens is 194 g/mol. The second kappa shape index (κ2) is 7.80. The van der Waals surface area contributed by atoms with Crippen LogP contribution in [0.15, 0.2) is 0 Å². The predicted molar refractivity (Wildman–Crippen MR) is 55.8 cm³/mol. The Labute approximate surface area is 90.0 Å². The molecule has 0 aliphatic heterocycles. The largest absolute Gasteiger partial charge is 0.335 e. The highest BCUT2D eigenvalue weighted by atomic mass is 16.2. The summed E-state index contributed by atoms with van der Waals surface area (Å²) >= 11 is 0. The molecule has 5 heteroatoms. The Kier molecular flexibility index (Phi) is 6.98. The number of nitrogens with one attached hydrogen (secondary N) is 1. The molecule has 5 nitrogen and oxygen atoms in total. The summed E-state index contributed by atoms with van der Waals surface area (Å²) in [7, 11) is 0. The lowest BCUT2D eigenvalue weighted by Crippen LogP contribution is -2.43. The van der Waals surface area contributed by atoms with Crippen LogP contribution in [0.2, 0.25) is 0 Å². The molecule has 2 amide bonds. The first kappa shape index (κ1) is 13.4. The van der Waals surface area contributed by atoms with Gasteiger partial charge in [-0.25, -0.2) is 0 Å². The molecule has 1 N–H and O–H groups in total. The lowest BCUT2D eigenvalue weighted by Gasteiger charge is -2.20. The van der Waals surface area contributed by atoms with Gasteiger partial charge in [-0.1, -0.05) is 13.8 Å². The van der Waals surface area contributed by atoms with Crippen LogP contribution in [0.5, 0.6) is 0 Å². The van der Waals surface area contributed by atoms with Gasteiger partial charge >= 0.3 is 11.8 Å². The molecule has 0 atom stereocenters. The molecule has 15 heavy (non-hydrogen) atoms. The molecule has 0 aromatic carbocycles. The van der Waals surface area contributed by atoms with E-state index in [2.05, 4.69) is 5.32 Å². The van der Waals surface area contributed by atoms with Gasteiger partial charge in [0.05, 0.1) is 6.07 Å². The third-order valence-corrected chi connectivity index (χ3v) is 1.80. The summed E-state index contributed by atoms with van der Waals surface area (Å²) in [6.07, 6.45) is 1.63. The van der Waals surface area contributed by atoms with E-state index in [1.54, 1.807) is 6.07 Å². The Morgan fingerprint density at radius 1 is 1.27 bits per heavy atom. The van der Waals surface area contributed by atoms with Crippen LogP contribution in [0.4, 0.5) is 0 Å². The number of hydrogen-bond acceptors (Lipinski definition) is 3. The SMILES string of the molecule is CCCN(CCC)C(=O)C(=O)NCC#N. The summed E-state index contributed by atoms with van der Waals surface area (Å²) in [6.45, 7) is 4.92. The average molecular weight is 211 g/mol. The van der Waals surface area contributed by atoms with Crippen molar-refractivity contribution in [2.45, 2.75) is 26.7 Å². The lowest BCUT2D eigenvalue weighted by molar-refractivity contribution is -0.145. The second-order valence-corrected chi connectivity index (χ2v) is 3.13. The first-order chi connectivity index (χ1) is 7.17. The highest BCUT2D eigenvalue weighted by molar-refractivity contribution is 6.35. The van der Waals surface area contributed by atoms with Crippen molar-refractivity contribution in [2.75, 3.05) is 19.6 Å². The van der Waals surface area contributed by atoms with Crippen LogP contribution in [-0.4, -0.2) is 36.3 Å². The minimum atomic E-state index is -0.696. The van der Waals surface area contributed by atoms with Crippen molar-refractivity contribution in [3.63, 3.8) is 0 Å². The quantitative estimate of drug-likeness (QED) is 0.524. The first-order valence-corrected chi connectivity index (χ1v) is 5.11. The fourth-order valence-corrected chi connectivity index (χ4v) is 1.19. The van der Waals surface area contributed by atoms with Crippen molar-refractivity contribution >= 4 is 11.8 Å². The van der Waals surface area contributed by atoms with Crippen LogP contribution < -0.4 is 5.32 Å². The number of carbonyl (C=O) groups is 2. The van der Waals surface area contributed by atoms with Gasteiger partial charge in [-0.15, -0.1) is 0 Å². The third-order valence-electron chi connectivity index (χ3n) is 1.80. The molecule has 0 radical (unpaired) electrons. The van der Waals surface area contributed by atoms with Crippen LogP contribution in [0.3, 0.4) is 0 Å². The summed E-state index contributed by atoms with van der Waals surface area (Å²) in [5.41, 5.74) is 0. The van der Waals surface area contributed by atoms with Gasteiger partial charge in [0.25, 0.3) is 0 Å². The van der Waals surface area contributed by atoms with Crippen molar-refractivity contribution in [3.05, 3.63) is 0 Å². The predicted octanol–water partition coefficient (Wildman–Crippen LogP) is 0.275. The van der Waals surface area contributed by atoms with Crippen LogP contribution in [-0.2, 0) is 9.59 Å². The van der Waals surface area contributed by atoms with Gasteiger partial charge in [0.2, 0.25) is 0 Å². The smallest absolute Gasteiger partial charge is 0.311 e. The molecule has 0 aliphatic rings. The topological polar surface area (TPSA) is 73.2 Å². The fraction of sp³-hybridized carbons (Fsp3) is 0.700. The van der Waals surface area contributed by atoms with Gasteiger partial charge in [0.15, 0.2) is 0 Å². The van der Waals surface area contributed by atoms with Crippen molar-refractivity contribution < 1.29 is 9.59 Å². The van der Waals surface area contributed by atoms with Gasteiger partial charge in [-0.2, -0.15) is 5.26 Å². The summed E-state index contributed by atoms with van der Waals surface area (Å²) in [5.74, 6) is -1.24. The highest BCUT2D eigenvalue weighted by Crippen LogP contribution is 1.95. The number of carbonyl (C=O) groups excluding carboxylic acids is 2. The number of hydrogen-bond donors (Lipinski definition) is 1. The fourth-order valence-electron chi connectivity index (χ4n) is 1.19. The number of amides is 2. The normalized spacial score (nSPS) is 9.13. The minimum Gasteiger partial charge on any atom is -0.335 e. The zero-order valence-electron chi connectivity index (χ0n) is 9.25. The Balaban J connectivity index is 4.23. The zero-order chi connectivity index (χ0) is 11.7. The molecule has 0 heterocycles. The zero-order valence-corrected chi connectivity index (χ0v) is 9.25. The summed E-state index contributed by atoms with van der Waals surface area (Å²) in [5, 5.41) is 10.5. The van der Waals surface area contributed by atoms with Gasteiger partial charge in [-0.3, -0.25) is 9.59 Å². The monoisotopic (exact) mass is 211 g/mol. The third kappa shape index (κ3) is 5.01. The molecule has 0 aliphatic carbocycles. The maximum absolute atomic E-state index is 11.5. The van der Waals surface area contributed by atoms with Crippen molar-refractivity contribution in [1.82, 2.24) is 10.2 Å². The van der Waals surface area contributed by atoms with E-state index in [-0.39, 0.29) is 6.54 Å². The highest BCUT2D eigenvalue weighted by Gasteiger charge is 2.19. The van der Waals surface area contributed by atoms with E-state index in [1.165, 1.54) is 4.90 Å². The van der Waals surface area contributed by atoms with Crippen molar-refractivity contribution in [2.24, 2.45) is 0 Å². The molecule has 0 fully saturated rings. The number of nitriles is 1. The Bertz CT molecular complexity index is 252. The van der Waals surface area contributed by atoms with E-state index in [4.69, 9.17) is 5.26 Å². The van der Waals surface area contributed by atoms with E-state index in [0.29, 0.717) is 13.1 Å². The Morgan fingerprint density at radius 3 is 2.20 bits per heavy atom. The first-order valence-electron chi connectivity index (χ1n) is 5.11. The lowest BCUT2D eigenvalue weighted by atomic mass is 10.3. The van der Waals surface area contributed by atoms with Gasteiger partial charge in [0, 0.05) is 13.1 Å². The summed E-state index contributed by atoms with van der Waals surface area (Å²) < 4.78 is 0. The molecule has 0 saturated carbocycles. The van der Waals surface area contributed by atoms with Crippen molar-refractivity contribution in [3.8, 4) is 6.07 Å². The van der Waals surface area contributed by atoms with Crippen LogP contribution in [0, 0.1) is 11.3 Å². The average Bonchev–Trinajstić information content (AvgIpc) is 2.24. The van der Waals surface area contributed by atoms with Gasteiger partial charge < -0.3 is 10.2 Å². The summed E-state index contributed by atoms with van der Waals surface area (Å²) in [4.78, 5) is 24.3. The molecule has 0 saturated heterocycles. The number of rotatable bonds is 5. The second-order valence-electron chi connectivity index (χ2n) is 3.13. The molecule has 0 bridgehead atoms. The molecular formula is C10H17N3O2. The van der Waals surface area contributed by atoms with Crippen LogP contribution in [0.25, 0.3) is 0 Å². The van der Waals surface area contributed by atoms with Crippen LogP contribution in [0.1, 0.15) is 26.7 Å². The number of nitrogens with zero attached hydrogens (tertiary/aromatic N) is 2. The van der Waals surface area contributed by atoms with Crippen molar-refractivity contribution in [1.29, 1.82) is 5.26 Å². The van der Waals surface area contributed by atoms with Crippen LogP contribution >= 0.6 is 0 Å². The van der Waals surface area contributed by atoms with E-state index in [0.717, 1.165) is 12.8 Å². The molecule has 0 aromatic rings. The Hall–Kier alpha value is -1.57. The standard InChI is InChI=1S/C10H17N3O2/c1-3-7-13(8-4-2)10(15)9(14)12-6-5-11/h3-4,6-8H2,1-2H3,(H,12,14). The maximum Gasteiger partial charge on any atom is 0.311 e. The van der Waals surface area contributed by atoms with E-state index in [9.17, 15) is 9.59 Å². The van der Waals surface area contributed by atoms with Gasteiger partial charge in [0.1, 0.15) is 6.54 Å². The van der Waals surface area contributed by atoms with E-state index >= 15 is 0 Å². The van der Waals surface area contributed by atoms with Gasteiger partial charge in [-0.05, 0) is 12.8 Å². The minimum absolute atomic E-state index is 0.128. The maximum atomic E-state index is 11.5. The van der Waals surface area contributed by atoms with E-state index in [1.807, 2.05) is 13.8 Å². The molecule has 0 unspecified atom stereocenters. The van der Waals surface area contributed by atoms with E-state index < -0.39 is 11.8 Å².